The first-order valence-corrected chi connectivity index (χ1v) is 5.64. The van der Waals surface area contributed by atoms with Crippen LogP contribution in [0.1, 0.15) is 22.8 Å². The molecule has 0 aliphatic rings. The number of halogens is 1. The Labute approximate surface area is 97.6 Å². The van der Waals surface area contributed by atoms with E-state index in [2.05, 4.69) is 21.2 Å². The third kappa shape index (κ3) is 3.55. The van der Waals surface area contributed by atoms with Gasteiger partial charge in [0.1, 0.15) is 5.75 Å². The van der Waals surface area contributed by atoms with Crippen LogP contribution in [0.4, 0.5) is 0 Å². The zero-order valence-corrected chi connectivity index (χ0v) is 10.3. The molecule has 0 radical (unpaired) electrons. The fourth-order valence-corrected chi connectivity index (χ4v) is 1.39. The van der Waals surface area contributed by atoms with E-state index in [9.17, 15) is 9.90 Å². The molecule has 1 aromatic carbocycles. The Morgan fingerprint density at radius 2 is 2.27 bits per heavy atom. The molecular formula is C11H14BrNO2. The predicted molar refractivity (Wildman–Crippen MR) is 63.6 cm³/mol. The van der Waals surface area contributed by atoms with E-state index >= 15 is 0 Å². The molecule has 0 heterocycles. The van der Waals surface area contributed by atoms with Crippen molar-refractivity contribution in [1.82, 2.24) is 5.32 Å². The van der Waals surface area contributed by atoms with E-state index in [-0.39, 0.29) is 16.5 Å². The van der Waals surface area contributed by atoms with Crippen molar-refractivity contribution in [2.75, 3.05) is 6.54 Å². The average Bonchev–Trinajstić information content (AvgIpc) is 2.14. The fraction of sp³-hybridized carbons (Fsp3) is 0.364. The summed E-state index contributed by atoms with van der Waals surface area (Å²) < 4.78 is 0. The number of aromatic hydroxyl groups is 1. The number of phenols is 1. The quantitative estimate of drug-likeness (QED) is 0.829. The lowest BCUT2D eigenvalue weighted by Gasteiger charge is -2.08. The van der Waals surface area contributed by atoms with E-state index in [4.69, 9.17) is 0 Å². The summed E-state index contributed by atoms with van der Waals surface area (Å²) in [6.07, 6.45) is 0. The number of carbonyl (C=O) groups excluding carboxylic acids is 1. The van der Waals surface area contributed by atoms with Crippen LogP contribution >= 0.6 is 15.9 Å². The van der Waals surface area contributed by atoms with Crippen LogP contribution in [-0.4, -0.2) is 22.4 Å². The number of phenolic OH excluding ortho intramolecular Hbond substituents is 1. The third-order valence-corrected chi connectivity index (χ3v) is 2.32. The summed E-state index contributed by atoms with van der Waals surface area (Å²) in [5.41, 5.74) is 1.37. The number of nitrogens with one attached hydrogen (secondary N) is 1. The molecule has 0 aliphatic carbocycles. The van der Waals surface area contributed by atoms with E-state index in [1.165, 1.54) is 6.07 Å². The zero-order valence-electron chi connectivity index (χ0n) is 8.75. The second-order valence-corrected chi connectivity index (χ2v) is 5.05. The Balaban J connectivity index is 2.74. The van der Waals surface area contributed by atoms with Crippen molar-refractivity contribution >= 4 is 21.8 Å². The zero-order chi connectivity index (χ0) is 11.4. The summed E-state index contributed by atoms with van der Waals surface area (Å²) in [7, 11) is 0. The Kier molecular flexibility index (Phi) is 4.15. The molecular weight excluding hydrogens is 258 g/mol. The summed E-state index contributed by atoms with van der Waals surface area (Å²) in [6, 6.07) is 4.71. The monoisotopic (exact) mass is 271 g/mol. The molecule has 3 nitrogen and oxygen atoms in total. The van der Waals surface area contributed by atoms with Gasteiger partial charge in [-0.3, -0.25) is 4.79 Å². The van der Waals surface area contributed by atoms with Crippen molar-refractivity contribution in [3.8, 4) is 5.75 Å². The van der Waals surface area contributed by atoms with Crippen molar-refractivity contribution in [1.29, 1.82) is 0 Å². The number of alkyl halides is 1. The van der Waals surface area contributed by atoms with Gasteiger partial charge in [0, 0.05) is 16.9 Å². The van der Waals surface area contributed by atoms with Gasteiger partial charge in [-0.15, -0.1) is 0 Å². The third-order valence-electron chi connectivity index (χ3n) is 2.00. The van der Waals surface area contributed by atoms with E-state index in [0.29, 0.717) is 12.1 Å². The molecule has 0 aliphatic heterocycles. The maximum atomic E-state index is 11.7. The van der Waals surface area contributed by atoms with Gasteiger partial charge < -0.3 is 10.4 Å². The molecule has 0 fully saturated rings. The molecule has 82 valence electrons. The highest BCUT2D eigenvalue weighted by Gasteiger charge is 2.09. The maximum absolute atomic E-state index is 11.7. The lowest BCUT2D eigenvalue weighted by atomic mass is 10.1. The van der Waals surface area contributed by atoms with Gasteiger partial charge in [0.25, 0.3) is 5.91 Å². The van der Waals surface area contributed by atoms with Crippen LogP contribution in [-0.2, 0) is 0 Å². The minimum Gasteiger partial charge on any atom is -0.508 e. The van der Waals surface area contributed by atoms with Gasteiger partial charge in [-0.25, -0.2) is 0 Å². The largest absolute Gasteiger partial charge is 0.508 e. The second-order valence-electron chi connectivity index (χ2n) is 3.49. The molecule has 15 heavy (non-hydrogen) atoms. The Morgan fingerprint density at radius 1 is 1.60 bits per heavy atom. The van der Waals surface area contributed by atoms with Crippen molar-refractivity contribution in [2.45, 2.75) is 18.7 Å². The minimum atomic E-state index is -0.112. The SMILES string of the molecule is Cc1cc(O)ccc1C(=O)NCC(C)Br. The van der Waals surface area contributed by atoms with Crippen molar-refractivity contribution in [2.24, 2.45) is 0 Å². The molecule has 1 amide bonds. The van der Waals surface area contributed by atoms with Gasteiger partial charge in [0.05, 0.1) is 0 Å². The predicted octanol–water partition coefficient (Wildman–Crippen LogP) is 2.21. The molecule has 1 unspecified atom stereocenters. The number of rotatable bonds is 3. The summed E-state index contributed by atoms with van der Waals surface area (Å²) >= 11 is 3.35. The molecule has 0 saturated carbocycles. The Morgan fingerprint density at radius 3 is 2.80 bits per heavy atom. The Bertz CT molecular complexity index is 364. The summed E-state index contributed by atoms with van der Waals surface area (Å²) in [5, 5.41) is 12.0. The van der Waals surface area contributed by atoms with Crippen LogP contribution in [0.3, 0.4) is 0 Å². The highest BCUT2D eigenvalue weighted by Crippen LogP contribution is 2.15. The number of benzene rings is 1. The van der Waals surface area contributed by atoms with Crippen LogP contribution in [0.15, 0.2) is 18.2 Å². The molecule has 0 aromatic heterocycles. The maximum Gasteiger partial charge on any atom is 0.251 e. The summed E-state index contributed by atoms with van der Waals surface area (Å²) in [5.74, 6) is 0.0664. The highest BCUT2D eigenvalue weighted by atomic mass is 79.9. The van der Waals surface area contributed by atoms with E-state index in [0.717, 1.165) is 5.56 Å². The molecule has 4 heteroatoms. The molecule has 1 aromatic rings. The first-order valence-electron chi connectivity index (χ1n) is 4.72. The van der Waals surface area contributed by atoms with Crippen LogP contribution in [0.2, 0.25) is 0 Å². The standard InChI is InChI=1S/C11H14BrNO2/c1-7-5-9(14)3-4-10(7)11(15)13-6-8(2)12/h3-5,8,14H,6H2,1-2H3,(H,13,15). The lowest BCUT2D eigenvalue weighted by molar-refractivity contribution is 0.0953. The topological polar surface area (TPSA) is 49.3 Å². The van der Waals surface area contributed by atoms with Crippen molar-refractivity contribution in [3.63, 3.8) is 0 Å². The minimum absolute atomic E-state index is 0.112. The number of aryl methyl sites for hydroxylation is 1. The van der Waals surface area contributed by atoms with Gasteiger partial charge in [-0.2, -0.15) is 0 Å². The van der Waals surface area contributed by atoms with Crippen molar-refractivity contribution in [3.05, 3.63) is 29.3 Å². The lowest BCUT2D eigenvalue weighted by Crippen LogP contribution is -2.28. The van der Waals surface area contributed by atoms with E-state index in [1.54, 1.807) is 19.1 Å². The van der Waals surface area contributed by atoms with Crippen LogP contribution < -0.4 is 5.32 Å². The van der Waals surface area contributed by atoms with Crippen LogP contribution in [0.25, 0.3) is 0 Å². The first kappa shape index (κ1) is 12.0. The second kappa shape index (κ2) is 5.16. The molecule has 1 rings (SSSR count). The smallest absolute Gasteiger partial charge is 0.251 e. The molecule has 1 atom stereocenters. The normalized spacial score (nSPS) is 12.2. The van der Waals surface area contributed by atoms with E-state index in [1.807, 2.05) is 6.92 Å². The van der Waals surface area contributed by atoms with Crippen LogP contribution in [0, 0.1) is 6.92 Å². The number of amides is 1. The molecule has 0 saturated heterocycles. The average molecular weight is 272 g/mol. The molecule has 0 spiro atoms. The van der Waals surface area contributed by atoms with Crippen molar-refractivity contribution < 1.29 is 9.90 Å². The fourth-order valence-electron chi connectivity index (χ4n) is 1.23. The van der Waals surface area contributed by atoms with E-state index < -0.39 is 0 Å². The summed E-state index contributed by atoms with van der Waals surface area (Å²) in [4.78, 5) is 11.9. The Hall–Kier alpha value is -1.03. The first-order chi connectivity index (χ1) is 7.00. The van der Waals surface area contributed by atoms with Gasteiger partial charge in [0.15, 0.2) is 0 Å². The molecule has 0 bridgehead atoms. The van der Waals surface area contributed by atoms with Gasteiger partial charge in [-0.05, 0) is 30.7 Å². The van der Waals surface area contributed by atoms with Gasteiger partial charge >= 0.3 is 0 Å². The number of hydrogen-bond acceptors (Lipinski definition) is 2. The molecule has 2 N–H and O–H groups in total. The van der Waals surface area contributed by atoms with Gasteiger partial charge in [0.2, 0.25) is 0 Å². The highest BCUT2D eigenvalue weighted by molar-refractivity contribution is 9.09. The van der Waals surface area contributed by atoms with Gasteiger partial charge in [-0.1, -0.05) is 22.9 Å². The number of carbonyl (C=O) groups is 1. The van der Waals surface area contributed by atoms with Crippen LogP contribution in [0.5, 0.6) is 5.75 Å². The number of hydrogen-bond donors (Lipinski definition) is 2. The summed E-state index contributed by atoms with van der Waals surface area (Å²) in [6.45, 7) is 4.34.